The molecule has 2 aromatic carbocycles. The van der Waals surface area contributed by atoms with E-state index in [4.69, 9.17) is 0 Å². The molecule has 0 spiro atoms. The second kappa shape index (κ2) is 11.0. The van der Waals surface area contributed by atoms with E-state index in [-0.39, 0.29) is 5.91 Å². The average Bonchev–Trinajstić information content (AvgIpc) is 2.78. The average molecular weight is 414 g/mol. The number of hydrogen-bond donors (Lipinski definition) is 1. The smallest absolute Gasteiger partial charge is 0.254 e. The first-order chi connectivity index (χ1) is 15.0. The molecular formula is C26H27N3O2. The SMILES string of the molecule is CN(C)Cc1ccc(C=Cc2ncccc2C(=O)NC(C=O)Cc2ccccc2)cc1. The lowest BCUT2D eigenvalue weighted by Crippen LogP contribution is -2.38. The monoisotopic (exact) mass is 413 g/mol. The van der Waals surface area contributed by atoms with Crippen molar-refractivity contribution in [1.82, 2.24) is 15.2 Å². The number of hydrogen-bond acceptors (Lipinski definition) is 4. The van der Waals surface area contributed by atoms with Crippen molar-refractivity contribution in [3.63, 3.8) is 0 Å². The topological polar surface area (TPSA) is 62.3 Å². The number of rotatable bonds is 9. The molecule has 1 N–H and O–H groups in total. The quantitative estimate of drug-likeness (QED) is 0.541. The predicted molar refractivity (Wildman–Crippen MR) is 124 cm³/mol. The van der Waals surface area contributed by atoms with E-state index in [1.54, 1.807) is 18.3 Å². The molecule has 3 aromatic rings. The summed E-state index contributed by atoms with van der Waals surface area (Å²) in [6.45, 7) is 0.884. The van der Waals surface area contributed by atoms with Crippen LogP contribution in [0.25, 0.3) is 12.2 Å². The van der Waals surface area contributed by atoms with Gasteiger partial charge in [0.25, 0.3) is 5.91 Å². The Hall–Kier alpha value is -3.57. The van der Waals surface area contributed by atoms with Gasteiger partial charge >= 0.3 is 0 Å². The Morgan fingerprint density at radius 2 is 1.71 bits per heavy atom. The van der Waals surface area contributed by atoms with Crippen molar-refractivity contribution in [2.45, 2.75) is 19.0 Å². The Bertz CT molecular complexity index is 1030. The molecule has 1 amide bonds. The van der Waals surface area contributed by atoms with Gasteiger partial charge in [-0.1, -0.05) is 60.7 Å². The van der Waals surface area contributed by atoms with Gasteiger partial charge in [0.1, 0.15) is 6.29 Å². The van der Waals surface area contributed by atoms with Crippen LogP contribution in [0.4, 0.5) is 0 Å². The Morgan fingerprint density at radius 1 is 0.968 bits per heavy atom. The van der Waals surface area contributed by atoms with Crippen molar-refractivity contribution >= 4 is 24.3 Å². The first-order valence-corrected chi connectivity index (χ1v) is 10.2. The van der Waals surface area contributed by atoms with Crippen molar-refractivity contribution in [3.05, 3.63) is 101 Å². The maximum absolute atomic E-state index is 12.8. The maximum atomic E-state index is 12.8. The van der Waals surface area contributed by atoms with Gasteiger partial charge in [-0.05, 0) is 55.4 Å². The van der Waals surface area contributed by atoms with E-state index in [1.165, 1.54) is 5.56 Å². The zero-order valence-electron chi connectivity index (χ0n) is 17.9. The number of carbonyl (C=O) groups excluding carboxylic acids is 2. The van der Waals surface area contributed by atoms with E-state index in [0.29, 0.717) is 17.7 Å². The van der Waals surface area contributed by atoms with E-state index < -0.39 is 6.04 Å². The Kier molecular flexibility index (Phi) is 7.85. The van der Waals surface area contributed by atoms with Gasteiger partial charge in [-0.3, -0.25) is 9.78 Å². The largest absolute Gasteiger partial charge is 0.342 e. The molecule has 1 atom stereocenters. The van der Waals surface area contributed by atoms with Gasteiger partial charge in [0.15, 0.2) is 0 Å². The Balaban J connectivity index is 1.71. The lowest BCUT2D eigenvalue weighted by molar-refractivity contribution is -0.109. The molecule has 31 heavy (non-hydrogen) atoms. The number of benzene rings is 2. The third-order valence-corrected chi connectivity index (χ3v) is 4.77. The first-order valence-electron chi connectivity index (χ1n) is 10.2. The number of nitrogens with zero attached hydrogens (tertiary/aromatic N) is 2. The summed E-state index contributed by atoms with van der Waals surface area (Å²) < 4.78 is 0. The summed E-state index contributed by atoms with van der Waals surface area (Å²) in [5, 5.41) is 2.81. The fraction of sp³-hybridized carbons (Fsp3) is 0.192. The molecule has 0 bridgehead atoms. The van der Waals surface area contributed by atoms with Crippen molar-refractivity contribution in [3.8, 4) is 0 Å². The van der Waals surface area contributed by atoms with Crippen molar-refractivity contribution in [1.29, 1.82) is 0 Å². The number of pyridine rings is 1. The summed E-state index contributed by atoms with van der Waals surface area (Å²) in [4.78, 5) is 30.8. The van der Waals surface area contributed by atoms with Crippen LogP contribution >= 0.6 is 0 Å². The number of amides is 1. The van der Waals surface area contributed by atoms with Gasteiger partial charge in [-0.15, -0.1) is 0 Å². The lowest BCUT2D eigenvalue weighted by Gasteiger charge is -2.14. The van der Waals surface area contributed by atoms with Crippen LogP contribution < -0.4 is 5.32 Å². The standard InChI is InChI=1S/C26H27N3O2/c1-29(2)18-22-12-10-20(11-13-22)14-15-25-24(9-6-16-27-25)26(31)28-23(19-30)17-21-7-4-3-5-8-21/h3-16,19,23H,17-18H2,1-2H3,(H,28,31). The minimum atomic E-state index is -0.601. The van der Waals surface area contributed by atoms with Crippen molar-refractivity contribution in [2.24, 2.45) is 0 Å². The zero-order valence-corrected chi connectivity index (χ0v) is 17.9. The third kappa shape index (κ3) is 6.73. The molecule has 0 aliphatic heterocycles. The third-order valence-electron chi connectivity index (χ3n) is 4.77. The van der Waals surface area contributed by atoms with Crippen LogP contribution in [-0.4, -0.2) is 42.2 Å². The van der Waals surface area contributed by atoms with Crippen LogP contribution in [0.3, 0.4) is 0 Å². The number of carbonyl (C=O) groups is 2. The van der Waals surface area contributed by atoms with Gasteiger partial charge in [0, 0.05) is 12.7 Å². The molecule has 1 aromatic heterocycles. The maximum Gasteiger partial charge on any atom is 0.254 e. The lowest BCUT2D eigenvalue weighted by atomic mass is 10.1. The van der Waals surface area contributed by atoms with Gasteiger partial charge in [0.2, 0.25) is 0 Å². The van der Waals surface area contributed by atoms with Gasteiger partial charge in [-0.2, -0.15) is 0 Å². The highest BCUT2D eigenvalue weighted by molar-refractivity contribution is 5.99. The number of aldehydes is 1. The molecule has 1 heterocycles. The molecule has 0 aliphatic rings. The highest BCUT2D eigenvalue weighted by Gasteiger charge is 2.16. The molecule has 158 valence electrons. The summed E-state index contributed by atoms with van der Waals surface area (Å²) in [6.07, 6.45) is 6.62. The summed E-state index contributed by atoms with van der Waals surface area (Å²) in [5.74, 6) is -0.317. The summed E-state index contributed by atoms with van der Waals surface area (Å²) >= 11 is 0. The van der Waals surface area contributed by atoms with Crippen LogP contribution in [0.5, 0.6) is 0 Å². The van der Waals surface area contributed by atoms with Crippen molar-refractivity contribution < 1.29 is 9.59 Å². The predicted octanol–water partition coefficient (Wildman–Crippen LogP) is 3.85. The molecule has 1 unspecified atom stereocenters. The summed E-state index contributed by atoms with van der Waals surface area (Å²) in [6, 6.07) is 20.7. The molecule has 0 aliphatic carbocycles. The first kappa shape index (κ1) is 22.1. The van der Waals surface area contributed by atoms with E-state index in [1.807, 2.05) is 68.7 Å². The number of aromatic nitrogens is 1. The molecule has 0 fully saturated rings. The fourth-order valence-corrected chi connectivity index (χ4v) is 3.26. The minimum Gasteiger partial charge on any atom is -0.342 e. The zero-order chi connectivity index (χ0) is 22.1. The summed E-state index contributed by atoms with van der Waals surface area (Å²) in [7, 11) is 4.08. The van der Waals surface area contributed by atoms with Crippen LogP contribution in [0.1, 0.15) is 32.7 Å². The molecule has 5 nitrogen and oxygen atoms in total. The molecular weight excluding hydrogens is 386 g/mol. The second-order valence-electron chi connectivity index (χ2n) is 7.65. The minimum absolute atomic E-state index is 0.317. The fourth-order valence-electron chi connectivity index (χ4n) is 3.26. The Morgan fingerprint density at radius 3 is 2.39 bits per heavy atom. The highest BCUT2D eigenvalue weighted by Crippen LogP contribution is 2.13. The van der Waals surface area contributed by atoms with E-state index in [0.717, 1.165) is 24.0 Å². The van der Waals surface area contributed by atoms with Crippen LogP contribution in [0.15, 0.2) is 72.9 Å². The van der Waals surface area contributed by atoms with Gasteiger partial charge < -0.3 is 15.0 Å². The second-order valence-corrected chi connectivity index (χ2v) is 7.65. The molecule has 0 radical (unpaired) electrons. The molecule has 3 rings (SSSR count). The molecule has 0 saturated heterocycles. The van der Waals surface area contributed by atoms with Crippen LogP contribution in [0.2, 0.25) is 0 Å². The van der Waals surface area contributed by atoms with E-state index in [2.05, 4.69) is 27.3 Å². The Labute approximate surface area is 183 Å². The van der Waals surface area contributed by atoms with Crippen LogP contribution in [0, 0.1) is 0 Å². The van der Waals surface area contributed by atoms with Gasteiger partial charge in [0.05, 0.1) is 17.3 Å². The van der Waals surface area contributed by atoms with Gasteiger partial charge in [-0.25, -0.2) is 0 Å². The molecule has 0 saturated carbocycles. The highest BCUT2D eigenvalue weighted by atomic mass is 16.2. The van der Waals surface area contributed by atoms with E-state index >= 15 is 0 Å². The van der Waals surface area contributed by atoms with Crippen LogP contribution in [-0.2, 0) is 17.8 Å². The molecule has 5 heteroatoms. The summed E-state index contributed by atoms with van der Waals surface area (Å²) in [5.41, 5.74) is 4.24. The van der Waals surface area contributed by atoms with E-state index in [9.17, 15) is 9.59 Å². The number of nitrogens with one attached hydrogen (secondary N) is 1. The normalized spacial score (nSPS) is 12.1. The van der Waals surface area contributed by atoms with Crippen molar-refractivity contribution in [2.75, 3.05) is 14.1 Å².